The SMILES string of the molecule is C=C(C)C(=O)OCCc1ccc(CN)cc1. The first-order valence-electron chi connectivity index (χ1n) is 5.24. The number of nitrogens with two attached hydrogens (primary N) is 1. The van der Waals surface area contributed by atoms with Crippen LogP contribution in [0, 0.1) is 0 Å². The molecule has 3 nitrogen and oxygen atoms in total. The molecular weight excluding hydrogens is 202 g/mol. The van der Waals surface area contributed by atoms with E-state index in [1.54, 1.807) is 6.92 Å². The standard InChI is InChI=1S/C13H17NO2/c1-10(2)13(15)16-8-7-11-3-5-12(9-14)6-4-11/h3-6H,1,7-9,14H2,2H3. The monoisotopic (exact) mass is 219 g/mol. The van der Waals surface area contributed by atoms with Gasteiger partial charge in [0, 0.05) is 18.5 Å². The summed E-state index contributed by atoms with van der Waals surface area (Å²) in [4.78, 5) is 11.1. The van der Waals surface area contributed by atoms with Crippen LogP contribution in [-0.2, 0) is 22.5 Å². The van der Waals surface area contributed by atoms with Gasteiger partial charge in [-0.25, -0.2) is 4.79 Å². The molecule has 0 aromatic heterocycles. The summed E-state index contributed by atoms with van der Waals surface area (Å²) in [5.74, 6) is -0.335. The fraction of sp³-hybridized carbons (Fsp3) is 0.308. The Hall–Kier alpha value is -1.61. The van der Waals surface area contributed by atoms with Crippen LogP contribution < -0.4 is 5.73 Å². The third-order valence-corrected chi connectivity index (χ3v) is 2.23. The Morgan fingerprint density at radius 3 is 2.38 bits per heavy atom. The van der Waals surface area contributed by atoms with Gasteiger partial charge in [-0.1, -0.05) is 30.8 Å². The Bertz CT molecular complexity index is 368. The van der Waals surface area contributed by atoms with E-state index in [1.807, 2.05) is 24.3 Å². The van der Waals surface area contributed by atoms with Gasteiger partial charge in [-0.3, -0.25) is 0 Å². The Morgan fingerprint density at radius 2 is 1.88 bits per heavy atom. The predicted molar refractivity (Wildman–Crippen MR) is 63.8 cm³/mol. The minimum atomic E-state index is -0.335. The minimum Gasteiger partial charge on any atom is -0.462 e. The predicted octanol–water partition coefficient (Wildman–Crippen LogP) is 1.81. The van der Waals surface area contributed by atoms with Crippen molar-refractivity contribution in [1.29, 1.82) is 0 Å². The Kier molecular flexibility index (Phi) is 4.73. The van der Waals surface area contributed by atoms with E-state index >= 15 is 0 Å². The molecule has 0 aliphatic rings. The highest BCUT2D eigenvalue weighted by Crippen LogP contribution is 2.05. The summed E-state index contributed by atoms with van der Waals surface area (Å²) in [5, 5.41) is 0. The molecule has 2 N–H and O–H groups in total. The van der Waals surface area contributed by atoms with Crippen LogP contribution in [0.3, 0.4) is 0 Å². The zero-order valence-corrected chi connectivity index (χ0v) is 9.53. The fourth-order valence-electron chi connectivity index (χ4n) is 1.23. The van der Waals surface area contributed by atoms with Gasteiger partial charge in [0.15, 0.2) is 0 Å². The smallest absolute Gasteiger partial charge is 0.333 e. The molecule has 0 aliphatic heterocycles. The van der Waals surface area contributed by atoms with Gasteiger partial charge in [0.25, 0.3) is 0 Å². The van der Waals surface area contributed by atoms with Gasteiger partial charge in [0.1, 0.15) is 0 Å². The van der Waals surface area contributed by atoms with Crippen molar-refractivity contribution in [3.05, 3.63) is 47.5 Å². The van der Waals surface area contributed by atoms with Crippen molar-refractivity contribution in [3.8, 4) is 0 Å². The summed E-state index contributed by atoms with van der Waals surface area (Å²) in [5.41, 5.74) is 8.15. The summed E-state index contributed by atoms with van der Waals surface area (Å²) >= 11 is 0. The van der Waals surface area contributed by atoms with Crippen LogP contribution >= 0.6 is 0 Å². The number of esters is 1. The summed E-state index contributed by atoms with van der Waals surface area (Å²) in [6.45, 7) is 6.08. The minimum absolute atomic E-state index is 0.335. The lowest BCUT2D eigenvalue weighted by molar-refractivity contribution is -0.138. The maximum absolute atomic E-state index is 11.1. The molecule has 0 spiro atoms. The number of carbonyl (C=O) groups excluding carboxylic acids is 1. The van der Waals surface area contributed by atoms with Crippen LogP contribution in [0.4, 0.5) is 0 Å². The van der Waals surface area contributed by atoms with E-state index in [-0.39, 0.29) is 5.97 Å². The average molecular weight is 219 g/mol. The molecule has 1 aromatic rings. The van der Waals surface area contributed by atoms with E-state index in [9.17, 15) is 4.79 Å². The number of rotatable bonds is 5. The van der Waals surface area contributed by atoms with E-state index in [0.29, 0.717) is 25.1 Å². The zero-order valence-electron chi connectivity index (χ0n) is 9.53. The van der Waals surface area contributed by atoms with Gasteiger partial charge in [0.2, 0.25) is 0 Å². The van der Waals surface area contributed by atoms with Crippen molar-refractivity contribution in [3.63, 3.8) is 0 Å². The zero-order chi connectivity index (χ0) is 12.0. The van der Waals surface area contributed by atoms with Crippen LogP contribution in [-0.4, -0.2) is 12.6 Å². The van der Waals surface area contributed by atoms with Crippen LogP contribution in [0.2, 0.25) is 0 Å². The quantitative estimate of drug-likeness (QED) is 0.607. The van der Waals surface area contributed by atoms with Gasteiger partial charge < -0.3 is 10.5 Å². The highest BCUT2D eigenvalue weighted by molar-refractivity contribution is 5.86. The van der Waals surface area contributed by atoms with E-state index in [0.717, 1.165) is 11.1 Å². The second-order valence-corrected chi connectivity index (χ2v) is 3.69. The summed E-state index contributed by atoms with van der Waals surface area (Å²) < 4.78 is 5.00. The van der Waals surface area contributed by atoms with Crippen molar-refractivity contribution in [2.24, 2.45) is 5.73 Å². The van der Waals surface area contributed by atoms with Gasteiger partial charge in [-0.15, -0.1) is 0 Å². The van der Waals surface area contributed by atoms with Crippen molar-refractivity contribution >= 4 is 5.97 Å². The van der Waals surface area contributed by atoms with Crippen LogP contribution in [0.5, 0.6) is 0 Å². The highest BCUT2D eigenvalue weighted by Gasteiger charge is 2.02. The van der Waals surface area contributed by atoms with E-state index in [2.05, 4.69) is 6.58 Å². The van der Waals surface area contributed by atoms with E-state index in [1.165, 1.54) is 0 Å². The number of hydrogen-bond donors (Lipinski definition) is 1. The molecule has 0 saturated heterocycles. The van der Waals surface area contributed by atoms with Crippen LogP contribution in [0.25, 0.3) is 0 Å². The van der Waals surface area contributed by atoms with Gasteiger partial charge in [0.05, 0.1) is 6.61 Å². The molecular formula is C13H17NO2. The summed E-state index contributed by atoms with van der Waals surface area (Å²) in [6.07, 6.45) is 0.712. The first kappa shape index (κ1) is 12.5. The lowest BCUT2D eigenvalue weighted by atomic mass is 10.1. The Labute approximate surface area is 95.9 Å². The molecule has 0 heterocycles. The van der Waals surface area contributed by atoms with Crippen LogP contribution in [0.15, 0.2) is 36.4 Å². The Morgan fingerprint density at radius 1 is 1.31 bits per heavy atom. The molecule has 0 amide bonds. The number of benzene rings is 1. The largest absolute Gasteiger partial charge is 0.462 e. The molecule has 0 unspecified atom stereocenters. The normalized spacial score (nSPS) is 9.88. The molecule has 16 heavy (non-hydrogen) atoms. The first-order valence-corrected chi connectivity index (χ1v) is 5.24. The number of hydrogen-bond acceptors (Lipinski definition) is 3. The molecule has 0 saturated carbocycles. The third kappa shape index (κ3) is 3.87. The highest BCUT2D eigenvalue weighted by atomic mass is 16.5. The lowest BCUT2D eigenvalue weighted by Crippen LogP contribution is -2.08. The molecule has 0 aliphatic carbocycles. The van der Waals surface area contributed by atoms with E-state index in [4.69, 9.17) is 10.5 Å². The molecule has 0 fully saturated rings. The fourth-order valence-corrected chi connectivity index (χ4v) is 1.23. The number of ether oxygens (including phenoxy) is 1. The van der Waals surface area contributed by atoms with E-state index < -0.39 is 0 Å². The summed E-state index contributed by atoms with van der Waals surface area (Å²) in [7, 11) is 0. The van der Waals surface area contributed by atoms with Crippen molar-refractivity contribution < 1.29 is 9.53 Å². The van der Waals surface area contributed by atoms with Gasteiger partial charge in [-0.2, -0.15) is 0 Å². The second-order valence-electron chi connectivity index (χ2n) is 3.69. The van der Waals surface area contributed by atoms with Crippen molar-refractivity contribution in [1.82, 2.24) is 0 Å². The van der Waals surface area contributed by atoms with Gasteiger partial charge in [-0.05, 0) is 18.1 Å². The number of carbonyl (C=O) groups is 1. The topological polar surface area (TPSA) is 52.3 Å². The second kappa shape index (κ2) is 6.08. The van der Waals surface area contributed by atoms with Crippen molar-refractivity contribution in [2.75, 3.05) is 6.61 Å². The lowest BCUT2D eigenvalue weighted by Gasteiger charge is -2.05. The maximum atomic E-state index is 11.1. The first-order chi connectivity index (χ1) is 7.63. The van der Waals surface area contributed by atoms with Crippen molar-refractivity contribution in [2.45, 2.75) is 19.9 Å². The van der Waals surface area contributed by atoms with Crippen LogP contribution in [0.1, 0.15) is 18.1 Å². The average Bonchev–Trinajstić information content (AvgIpc) is 2.29. The molecule has 1 aromatic carbocycles. The molecule has 86 valence electrons. The third-order valence-electron chi connectivity index (χ3n) is 2.23. The Balaban J connectivity index is 2.37. The molecule has 0 radical (unpaired) electrons. The van der Waals surface area contributed by atoms with Gasteiger partial charge >= 0.3 is 5.97 Å². The molecule has 3 heteroatoms. The maximum Gasteiger partial charge on any atom is 0.333 e. The molecule has 1 rings (SSSR count). The molecule has 0 atom stereocenters. The molecule has 0 bridgehead atoms. The summed E-state index contributed by atoms with van der Waals surface area (Å²) in [6, 6.07) is 7.96.